The Balaban J connectivity index is 1.67. The zero-order valence-electron chi connectivity index (χ0n) is 20.7. The van der Waals surface area contributed by atoms with E-state index < -0.39 is 22.1 Å². The van der Waals surface area contributed by atoms with Gasteiger partial charge in [-0.2, -0.15) is 4.98 Å². The molecule has 0 spiro atoms. The van der Waals surface area contributed by atoms with E-state index in [-0.39, 0.29) is 27.5 Å². The SMILES string of the molecule is CC1=CCC=C(S(=O)(=O)n2cc(-c3cc(OC4CCCCC4)nc(C)n3)c3c(C(F)F)nccc32)C=C1. The number of ether oxygens (including phenoxy) is 1. The van der Waals surface area contributed by atoms with E-state index in [1.807, 2.05) is 13.0 Å². The number of hydrogen-bond donors (Lipinski definition) is 0. The molecule has 37 heavy (non-hydrogen) atoms. The average molecular weight is 527 g/mol. The standard InChI is InChI=1S/C27H28F2N4O3S/c1-17-7-6-10-20(12-11-17)37(34,35)33-16-21(25-23(33)13-14-30-26(25)27(28)29)22-15-24(32-18(2)31-22)36-19-8-4-3-5-9-19/h7,10-16,19,27H,3-6,8-9H2,1-2H3. The van der Waals surface area contributed by atoms with E-state index in [9.17, 15) is 17.2 Å². The molecule has 0 saturated heterocycles. The monoisotopic (exact) mass is 526 g/mol. The van der Waals surface area contributed by atoms with Crippen LogP contribution in [0.2, 0.25) is 0 Å². The number of fused-ring (bicyclic) bond motifs is 1. The molecule has 194 valence electrons. The lowest BCUT2D eigenvalue weighted by Crippen LogP contribution is -2.20. The van der Waals surface area contributed by atoms with Crippen LogP contribution in [-0.4, -0.2) is 33.4 Å². The summed E-state index contributed by atoms with van der Waals surface area (Å²) in [6, 6.07) is 3.02. The topological polar surface area (TPSA) is 87.0 Å². The predicted molar refractivity (Wildman–Crippen MR) is 138 cm³/mol. The summed E-state index contributed by atoms with van der Waals surface area (Å²) in [6.45, 7) is 3.57. The fourth-order valence-corrected chi connectivity index (χ4v) is 6.27. The lowest BCUT2D eigenvalue weighted by Gasteiger charge is -2.22. The summed E-state index contributed by atoms with van der Waals surface area (Å²) in [5, 5.41) is 0.0373. The van der Waals surface area contributed by atoms with Gasteiger partial charge in [-0.05, 0) is 58.1 Å². The number of nitrogens with zero attached hydrogens (tertiary/aromatic N) is 4. The van der Waals surface area contributed by atoms with E-state index in [0.29, 0.717) is 23.8 Å². The molecular formula is C27H28F2N4O3S. The van der Waals surface area contributed by atoms with Gasteiger partial charge in [-0.25, -0.2) is 26.2 Å². The van der Waals surface area contributed by atoms with E-state index in [2.05, 4.69) is 15.0 Å². The predicted octanol–water partition coefficient (Wildman–Crippen LogP) is 6.42. The molecule has 7 nitrogen and oxygen atoms in total. The Labute approximate surface area is 214 Å². The first-order valence-corrected chi connectivity index (χ1v) is 13.8. The van der Waals surface area contributed by atoms with Crippen molar-refractivity contribution in [3.05, 3.63) is 70.8 Å². The van der Waals surface area contributed by atoms with Crippen LogP contribution in [0, 0.1) is 6.92 Å². The molecule has 3 aromatic heterocycles. The molecule has 0 N–H and O–H groups in total. The van der Waals surface area contributed by atoms with Crippen molar-refractivity contribution in [2.75, 3.05) is 0 Å². The molecule has 2 aliphatic rings. The minimum atomic E-state index is -4.10. The van der Waals surface area contributed by atoms with Gasteiger partial charge in [-0.3, -0.25) is 4.98 Å². The number of halogens is 2. The van der Waals surface area contributed by atoms with Gasteiger partial charge in [-0.15, -0.1) is 0 Å². The van der Waals surface area contributed by atoms with Crippen molar-refractivity contribution in [3.8, 4) is 17.1 Å². The highest BCUT2D eigenvalue weighted by atomic mass is 32.2. The molecule has 3 heterocycles. The Kier molecular flexibility index (Phi) is 6.94. The first kappa shape index (κ1) is 25.3. The maximum absolute atomic E-state index is 14.1. The summed E-state index contributed by atoms with van der Waals surface area (Å²) in [6.07, 6.45) is 12.0. The van der Waals surface area contributed by atoms with Gasteiger partial charge in [0.2, 0.25) is 5.88 Å². The molecule has 3 aromatic rings. The lowest BCUT2D eigenvalue weighted by atomic mass is 9.98. The van der Waals surface area contributed by atoms with Crippen LogP contribution in [0.4, 0.5) is 8.78 Å². The summed E-state index contributed by atoms with van der Waals surface area (Å²) < 4.78 is 62.9. The van der Waals surface area contributed by atoms with Crippen LogP contribution in [0.1, 0.15) is 63.4 Å². The Morgan fingerprint density at radius 2 is 1.86 bits per heavy atom. The van der Waals surface area contributed by atoms with Crippen LogP contribution in [0.15, 0.2) is 59.3 Å². The van der Waals surface area contributed by atoms with Crippen LogP contribution < -0.4 is 4.74 Å². The second-order valence-corrected chi connectivity index (χ2v) is 11.2. The minimum absolute atomic E-state index is 0.0296. The molecule has 0 aliphatic heterocycles. The highest BCUT2D eigenvalue weighted by Crippen LogP contribution is 2.38. The van der Waals surface area contributed by atoms with E-state index >= 15 is 0 Å². The molecule has 1 saturated carbocycles. The van der Waals surface area contributed by atoms with Gasteiger partial charge in [0.05, 0.1) is 16.1 Å². The zero-order chi connectivity index (χ0) is 26.2. The van der Waals surface area contributed by atoms with Gasteiger partial charge in [0.25, 0.3) is 16.4 Å². The number of pyridine rings is 1. The van der Waals surface area contributed by atoms with E-state index in [1.54, 1.807) is 25.1 Å². The van der Waals surface area contributed by atoms with E-state index in [1.165, 1.54) is 31.0 Å². The number of hydrogen-bond acceptors (Lipinski definition) is 6. The fraction of sp³-hybridized carbons (Fsp3) is 0.370. The third kappa shape index (κ3) is 5.07. The average Bonchev–Trinajstić information content (AvgIpc) is 3.13. The quantitative estimate of drug-likeness (QED) is 0.368. The zero-order valence-corrected chi connectivity index (χ0v) is 21.5. The fourth-order valence-electron chi connectivity index (χ4n) is 4.84. The molecule has 5 rings (SSSR count). The second kappa shape index (κ2) is 10.2. The summed E-state index contributed by atoms with van der Waals surface area (Å²) in [4.78, 5) is 12.8. The van der Waals surface area contributed by atoms with Gasteiger partial charge in [0.1, 0.15) is 17.6 Å². The van der Waals surface area contributed by atoms with Crippen LogP contribution in [-0.2, 0) is 10.0 Å². The van der Waals surface area contributed by atoms with E-state index in [0.717, 1.165) is 35.2 Å². The maximum Gasteiger partial charge on any atom is 0.281 e. The lowest BCUT2D eigenvalue weighted by molar-refractivity contribution is 0.148. The first-order valence-electron chi connectivity index (χ1n) is 12.4. The normalized spacial score (nSPS) is 17.1. The molecule has 2 aliphatic carbocycles. The van der Waals surface area contributed by atoms with Gasteiger partial charge < -0.3 is 4.74 Å². The number of rotatable bonds is 6. The Hall–Kier alpha value is -3.40. The van der Waals surface area contributed by atoms with Crippen molar-refractivity contribution in [3.63, 3.8) is 0 Å². The molecule has 0 aromatic carbocycles. The molecule has 1 fully saturated rings. The molecular weight excluding hydrogens is 498 g/mol. The highest BCUT2D eigenvalue weighted by molar-refractivity contribution is 7.94. The molecule has 0 unspecified atom stereocenters. The Morgan fingerprint density at radius 1 is 1.08 bits per heavy atom. The maximum atomic E-state index is 14.1. The molecule has 0 atom stereocenters. The number of aryl methyl sites for hydroxylation is 1. The van der Waals surface area contributed by atoms with Crippen molar-refractivity contribution in [1.29, 1.82) is 0 Å². The van der Waals surface area contributed by atoms with Gasteiger partial charge >= 0.3 is 0 Å². The molecule has 10 heteroatoms. The van der Waals surface area contributed by atoms with Crippen LogP contribution in [0.5, 0.6) is 5.88 Å². The van der Waals surface area contributed by atoms with Crippen molar-refractivity contribution in [2.24, 2.45) is 0 Å². The largest absolute Gasteiger partial charge is 0.474 e. The summed E-state index contributed by atoms with van der Waals surface area (Å²) >= 11 is 0. The number of alkyl halides is 2. The van der Waals surface area contributed by atoms with Crippen LogP contribution >= 0.6 is 0 Å². The van der Waals surface area contributed by atoms with Crippen LogP contribution in [0.25, 0.3) is 22.2 Å². The third-order valence-electron chi connectivity index (χ3n) is 6.67. The van der Waals surface area contributed by atoms with Gasteiger partial charge in [0, 0.05) is 29.4 Å². The van der Waals surface area contributed by atoms with Gasteiger partial charge in [0.15, 0.2) is 0 Å². The van der Waals surface area contributed by atoms with Crippen molar-refractivity contribution < 1.29 is 21.9 Å². The highest BCUT2D eigenvalue weighted by Gasteiger charge is 2.28. The summed E-state index contributed by atoms with van der Waals surface area (Å²) in [5.74, 6) is 0.738. The number of aromatic nitrogens is 4. The van der Waals surface area contributed by atoms with Crippen molar-refractivity contribution >= 4 is 20.9 Å². The molecule has 0 radical (unpaired) electrons. The molecule has 0 bridgehead atoms. The smallest absolute Gasteiger partial charge is 0.281 e. The van der Waals surface area contributed by atoms with Crippen LogP contribution in [0.3, 0.4) is 0 Å². The van der Waals surface area contributed by atoms with Crippen molar-refractivity contribution in [2.45, 2.75) is 64.9 Å². The summed E-state index contributed by atoms with van der Waals surface area (Å²) in [5.41, 5.74) is 1.07. The van der Waals surface area contributed by atoms with Gasteiger partial charge in [-0.1, -0.05) is 30.2 Å². The van der Waals surface area contributed by atoms with E-state index in [4.69, 9.17) is 4.74 Å². The second-order valence-electron chi connectivity index (χ2n) is 9.37. The minimum Gasteiger partial charge on any atom is -0.474 e. The first-order chi connectivity index (χ1) is 17.7. The summed E-state index contributed by atoms with van der Waals surface area (Å²) in [7, 11) is -4.10. The molecule has 0 amide bonds. The Morgan fingerprint density at radius 3 is 2.62 bits per heavy atom. The Bertz CT molecular complexity index is 1530. The van der Waals surface area contributed by atoms with Crippen molar-refractivity contribution in [1.82, 2.24) is 18.9 Å². The number of allylic oxidation sites excluding steroid dienone is 5. The third-order valence-corrected chi connectivity index (χ3v) is 8.39.